The predicted octanol–water partition coefficient (Wildman–Crippen LogP) is 1.99. The minimum Gasteiger partial charge on any atom is -0.462 e. The molecule has 0 aliphatic carbocycles. The van der Waals surface area contributed by atoms with E-state index in [2.05, 4.69) is 15.3 Å². The zero-order chi connectivity index (χ0) is 12.4. The number of hydrogen-bond donors (Lipinski definition) is 1. The van der Waals surface area contributed by atoms with Gasteiger partial charge in [0.2, 0.25) is 5.95 Å². The Morgan fingerprint density at radius 1 is 1.47 bits per heavy atom. The molecule has 0 unspecified atom stereocenters. The lowest BCUT2D eigenvalue weighted by molar-refractivity contribution is -0.385. The van der Waals surface area contributed by atoms with Gasteiger partial charge in [-0.1, -0.05) is 0 Å². The topological polar surface area (TPSA) is 94.1 Å². The first kappa shape index (κ1) is 11.1. The summed E-state index contributed by atoms with van der Waals surface area (Å²) in [5.74, 6) is 0.665. The first-order valence-electron chi connectivity index (χ1n) is 4.88. The summed E-state index contributed by atoms with van der Waals surface area (Å²) >= 11 is 0. The van der Waals surface area contributed by atoms with Gasteiger partial charge in [-0.15, -0.1) is 0 Å². The average Bonchev–Trinajstić information content (AvgIpc) is 2.80. The molecule has 2 rings (SSSR count). The Labute approximate surface area is 96.7 Å². The first-order valence-corrected chi connectivity index (χ1v) is 4.88. The Morgan fingerprint density at radius 2 is 2.24 bits per heavy atom. The van der Waals surface area contributed by atoms with Gasteiger partial charge in [0.25, 0.3) is 0 Å². The minimum atomic E-state index is -0.507. The van der Waals surface area contributed by atoms with Gasteiger partial charge in [0.15, 0.2) is 11.5 Å². The van der Waals surface area contributed by atoms with E-state index in [4.69, 9.17) is 4.42 Å². The second kappa shape index (κ2) is 4.20. The van der Waals surface area contributed by atoms with Gasteiger partial charge in [0.1, 0.15) is 5.69 Å². The Kier molecular flexibility index (Phi) is 2.73. The summed E-state index contributed by atoms with van der Waals surface area (Å²) in [5.41, 5.74) is 0.330. The lowest BCUT2D eigenvalue weighted by atomic mass is 10.2. The smallest absolute Gasteiger partial charge is 0.319 e. The fraction of sp³-hybridized carbons (Fsp3) is 0.200. The molecule has 0 amide bonds. The lowest BCUT2D eigenvalue weighted by Gasteiger charge is -2.04. The van der Waals surface area contributed by atoms with Crippen LogP contribution in [0, 0.1) is 17.0 Å². The van der Waals surface area contributed by atoms with Gasteiger partial charge >= 0.3 is 5.69 Å². The number of aryl methyl sites for hydroxylation is 1. The van der Waals surface area contributed by atoms with E-state index < -0.39 is 4.92 Å². The summed E-state index contributed by atoms with van der Waals surface area (Å²) in [6.45, 7) is 1.56. The number of rotatable bonds is 3. The number of furan rings is 1. The lowest BCUT2D eigenvalue weighted by Crippen LogP contribution is -2.04. The van der Waals surface area contributed by atoms with Crippen molar-refractivity contribution in [2.45, 2.75) is 6.92 Å². The molecular formula is C10H10N4O3. The molecule has 0 saturated carbocycles. The van der Waals surface area contributed by atoms with E-state index >= 15 is 0 Å². The van der Waals surface area contributed by atoms with Crippen molar-refractivity contribution in [2.24, 2.45) is 0 Å². The average molecular weight is 234 g/mol. The van der Waals surface area contributed by atoms with Crippen LogP contribution >= 0.6 is 0 Å². The number of anilines is 1. The summed E-state index contributed by atoms with van der Waals surface area (Å²) in [5, 5.41) is 13.8. The summed E-state index contributed by atoms with van der Waals surface area (Å²) in [6.07, 6.45) is 1.44. The monoisotopic (exact) mass is 234 g/mol. The van der Waals surface area contributed by atoms with E-state index in [1.165, 1.54) is 6.26 Å². The van der Waals surface area contributed by atoms with Crippen LogP contribution in [0.1, 0.15) is 5.69 Å². The predicted molar refractivity (Wildman–Crippen MR) is 60.7 cm³/mol. The highest BCUT2D eigenvalue weighted by Gasteiger charge is 2.24. The molecule has 0 aliphatic heterocycles. The highest BCUT2D eigenvalue weighted by molar-refractivity contribution is 5.67. The van der Waals surface area contributed by atoms with Crippen LogP contribution in [0.15, 0.2) is 22.8 Å². The number of nitrogens with zero attached hydrogens (tertiary/aromatic N) is 3. The fourth-order valence-corrected chi connectivity index (χ4v) is 1.48. The molecule has 7 nitrogen and oxygen atoms in total. The van der Waals surface area contributed by atoms with Crippen molar-refractivity contribution in [1.82, 2.24) is 9.97 Å². The van der Waals surface area contributed by atoms with Gasteiger partial charge in [-0.2, -0.15) is 0 Å². The molecule has 0 saturated heterocycles. The van der Waals surface area contributed by atoms with Crippen LogP contribution in [-0.2, 0) is 0 Å². The zero-order valence-electron chi connectivity index (χ0n) is 9.30. The van der Waals surface area contributed by atoms with Crippen molar-refractivity contribution in [3.8, 4) is 11.5 Å². The Balaban J connectivity index is 2.70. The van der Waals surface area contributed by atoms with Gasteiger partial charge in [-0.3, -0.25) is 10.1 Å². The molecule has 0 aliphatic rings. The highest BCUT2D eigenvalue weighted by Crippen LogP contribution is 2.31. The van der Waals surface area contributed by atoms with Crippen molar-refractivity contribution < 1.29 is 9.34 Å². The van der Waals surface area contributed by atoms with Gasteiger partial charge in [-0.25, -0.2) is 9.97 Å². The Morgan fingerprint density at radius 3 is 2.76 bits per heavy atom. The molecule has 88 valence electrons. The van der Waals surface area contributed by atoms with Gasteiger partial charge < -0.3 is 9.73 Å². The normalized spacial score (nSPS) is 10.2. The van der Waals surface area contributed by atoms with Gasteiger partial charge in [0, 0.05) is 7.05 Å². The third-order valence-corrected chi connectivity index (χ3v) is 2.22. The maximum atomic E-state index is 11.0. The van der Waals surface area contributed by atoms with E-state index in [1.807, 2.05) is 0 Å². The minimum absolute atomic E-state index is 0.140. The van der Waals surface area contributed by atoms with Crippen molar-refractivity contribution in [3.63, 3.8) is 0 Å². The summed E-state index contributed by atoms with van der Waals surface area (Å²) in [7, 11) is 1.65. The summed E-state index contributed by atoms with van der Waals surface area (Å²) in [4.78, 5) is 18.5. The Hall–Kier alpha value is -2.44. The van der Waals surface area contributed by atoms with Crippen LogP contribution in [0.5, 0.6) is 0 Å². The quantitative estimate of drug-likeness (QED) is 0.644. The van der Waals surface area contributed by atoms with Crippen molar-refractivity contribution in [3.05, 3.63) is 34.2 Å². The number of aromatic nitrogens is 2. The SMILES string of the molecule is CNc1nc(C)c([N+](=O)[O-])c(-c2ccco2)n1. The van der Waals surface area contributed by atoms with Gasteiger partial charge in [-0.05, 0) is 19.1 Å². The van der Waals surface area contributed by atoms with Crippen LogP contribution in [0.2, 0.25) is 0 Å². The van der Waals surface area contributed by atoms with Crippen LogP contribution in [0.25, 0.3) is 11.5 Å². The fourth-order valence-electron chi connectivity index (χ4n) is 1.48. The molecule has 0 atom stereocenters. The van der Waals surface area contributed by atoms with Crippen molar-refractivity contribution in [1.29, 1.82) is 0 Å². The molecule has 0 fully saturated rings. The second-order valence-electron chi connectivity index (χ2n) is 3.31. The van der Waals surface area contributed by atoms with Crippen molar-refractivity contribution in [2.75, 3.05) is 12.4 Å². The van der Waals surface area contributed by atoms with Crippen LogP contribution in [0.3, 0.4) is 0 Å². The third-order valence-electron chi connectivity index (χ3n) is 2.22. The van der Waals surface area contributed by atoms with Crippen LogP contribution in [0.4, 0.5) is 11.6 Å². The largest absolute Gasteiger partial charge is 0.462 e. The van der Waals surface area contributed by atoms with Crippen LogP contribution in [-0.4, -0.2) is 21.9 Å². The number of hydrogen-bond acceptors (Lipinski definition) is 6. The maximum absolute atomic E-state index is 11.0. The number of nitro groups is 1. The third kappa shape index (κ3) is 1.94. The zero-order valence-corrected chi connectivity index (χ0v) is 9.30. The molecule has 1 N–H and O–H groups in total. The van der Waals surface area contributed by atoms with E-state index in [-0.39, 0.29) is 11.4 Å². The standard InChI is InChI=1S/C10H10N4O3/c1-6-9(14(15)16)8(7-4-3-5-17-7)13-10(11-2)12-6/h3-5H,1-2H3,(H,11,12,13). The summed E-state index contributed by atoms with van der Waals surface area (Å²) in [6, 6.07) is 3.27. The molecule has 2 heterocycles. The molecule has 17 heavy (non-hydrogen) atoms. The molecule has 0 spiro atoms. The molecule has 2 aromatic heterocycles. The molecular weight excluding hydrogens is 224 g/mol. The molecule has 0 bridgehead atoms. The highest BCUT2D eigenvalue weighted by atomic mass is 16.6. The summed E-state index contributed by atoms with van der Waals surface area (Å²) < 4.78 is 5.14. The van der Waals surface area contributed by atoms with E-state index in [9.17, 15) is 10.1 Å². The van der Waals surface area contributed by atoms with E-state index in [0.717, 1.165) is 0 Å². The first-order chi connectivity index (χ1) is 8.13. The van der Waals surface area contributed by atoms with Crippen LogP contribution < -0.4 is 5.32 Å². The molecule has 7 heteroatoms. The maximum Gasteiger partial charge on any atom is 0.319 e. The molecule has 0 radical (unpaired) electrons. The molecule has 0 aromatic carbocycles. The van der Waals surface area contributed by atoms with E-state index in [1.54, 1.807) is 26.1 Å². The second-order valence-corrected chi connectivity index (χ2v) is 3.31. The van der Waals surface area contributed by atoms with Crippen molar-refractivity contribution >= 4 is 11.6 Å². The number of nitrogens with one attached hydrogen (secondary N) is 1. The van der Waals surface area contributed by atoms with Gasteiger partial charge in [0.05, 0.1) is 11.2 Å². The molecule has 2 aromatic rings. The van der Waals surface area contributed by atoms with E-state index in [0.29, 0.717) is 17.4 Å². The Bertz CT molecular complexity index is 551.